The number of aryl methyl sites for hydroxylation is 1. The van der Waals surface area contributed by atoms with E-state index >= 15 is 0 Å². The van der Waals surface area contributed by atoms with Gasteiger partial charge in [-0.15, -0.1) is 0 Å². The Labute approximate surface area is 190 Å². The lowest BCUT2D eigenvalue weighted by molar-refractivity contribution is -0.133. The molecule has 1 saturated heterocycles. The predicted molar refractivity (Wildman–Crippen MR) is 121 cm³/mol. The number of nitrogens with zero attached hydrogens (tertiary/aromatic N) is 5. The summed E-state index contributed by atoms with van der Waals surface area (Å²) < 4.78 is 12.2. The van der Waals surface area contributed by atoms with Crippen molar-refractivity contribution >= 4 is 17.0 Å². The van der Waals surface area contributed by atoms with Crippen LogP contribution in [0.3, 0.4) is 0 Å². The number of amides is 1. The topological polar surface area (TPSA) is 97.6 Å². The maximum Gasteiger partial charge on any atom is 0.419 e. The number of carbonyl (C=O) groups excluding carboxylic acids is 1. The van der Waals surface area contributed by atoms with Gasteiger partial charge in [0.1, 0.15) is 0 Å². The Kier molecular flexibility index (Phi) is 6.03. The van der Waals surface area contributed by atoms with E-state index in [9.17, 15) is 9.59 Å². The highest BCUT2D eigenvalue weighted by Crippen LogP contribution is 2.17. The Morgan fingerprint density at radius 3 is 2.55 bits per heavy atom. The second kappa shape index (κ2) is 9.41. The average Bonchev–Trinajstić information content (AvgIpc) is 3.44. The van der Waals surface area contributed by atoms with E-state index in [0.717, 1.165) is 24.2 Å². The van der Waals surface area contributed by atoms with Gasteiger partial charge >= 0.3 is 5.76 Å². The normalized spacial score (nSPS) is 14.7. The number of piperazine rings is 1. The second-order valence-electron chi connectivity index (χ2n) is 8.13. The molecule has 0 saturated carbocycles. The molecule has 0 aliphatic carbocycles. The second-order valence-corrected chi connectivity index (χ2v) is 8.13. The average molecular weight is 447 g/mol. The van der Waals surface area contributed by atoms with Crippen LogP contribution in [0.4, 0.5) is 0 Å². The first kappa shape index (κ1) is 21.1. The summed E-state index contributed by atoms with van der Waals surface area (Å²) in [7, 11) is 0. The van der Waals surface area contributed by atoms with Gasteiger partial charge in [0.2, 0.25) is 17.6 Å². The van der Waals surface area contributed by atoms with Crippen LogP contribution >= 0.6 is 0 Å². The van der Waals surface area contributed by atoms with E-state index in [0.29, 0.717) is 56.3 Å². The van der Waals surface area contributed by atoms with Crippen LogP contribution in [-0.4, -0.2) is 56.6 Å². The van der Waals surface area contributed by atoms with Crippen molar-refractivity contribution in [3.8, 4) is 11.4 Å². The fourth-order valence-corrected chi connectivity index (χ4v) is 4.14. The maximum absolute atomic E-state index is 12.7. The minimum Gasteiger partial charge on any atom is -0.408 e. The molecule has 1 amide bonds. The first-order chi connectivity index (χ1) is 16.2. The molecule has 170 valence electrons. The summed E-state index contributed by atoms with van der Waals surface area (Å²) >= 11 is 0. The number of carbonyl (C=O) groups is 1. The summed E-state index contributed by atoms with van der Waals surface area (Å²) in [6.45, 7) is 3.85. The molecule has 0 unspecified atom stereocenters. The molecule has 2 aromatic carbocycles. The van der Waals surface area contributed by atoms with Gasteiger partial charge in [0.05, 0.1) is 12.1 Å². The highest BCUT2D eigenvalue weighted by atomic mass is 16.5. The monoisotopic (exact) mass is 447 g/mol. The number of oxazole rings is 1. The van der Waals surface area contributed by atoms with Gasteiger partial charge in [-0.3, -0.25) is 14.3 Å². The predicted octanol–water partition coefficient (Wildman–Crippen LogP) is 2.77. The van der Waals surface area contributed by atoms with Crippen LogP contribution in [-0.2, 0) is 17.9 Å². The minimum absolute atomic E-state index is 0.111. The Bertz CT molecular complexity index is 1280. The Morgan fingerprint density at radius 2 is 1.73 bits per heavy atom. The summed E-state index contributed by atoms with van der Waals surface area (Å²) in [6.07, 6.45) is 0.989. The molecule has 2 aromatic heterocycles. The van der Waals surface area contributed by atoms with Crippen molar-refractivity contribution in [2.24, 2.45) is 0 Å². The van der Waals surface area contributed by atoms with Crippen molar-refractivity contribution in [2.45, 2.75) is 25.9 Å². The van der Waals surface area contributed by atoms with Gasteiger partial charge in [-0.2, -0.15) is 4.98 Å². The van der Waals surface area contributed by atoms with Gasteiger partial charge in [0, 0.05) is 44.7 Å². The lowest BCUT2D eigenvalue weighted by atomic mass is 10.2. The van der Waals surface area contributed by atoms with Crippen LogP contribution in [0.15, 0.2) is 68.3 Å². The molecule has 0 spiro atoms. The highest BCUT2D eigenvalue weighted by Gasteiger charge is 2.22. The number of hydrogen-bond donors (Lipinski definition) is 0. The third-order valence-corrected chi connectivity index (χ3v) is 5.93. The molecule has 1 aliphatic heterocycles. The first-order valence-corrected chi connectivity index (χ1v) is 11.1. The number of para-hydroxylation sites is 2. The van der Waals surface area contributed by atoms with E-state index in [2.05, 4.69) is 15.0 Å². The van der Waals surface area contributed by atoms with Crippen molar-refractivity contribution < 1.29 is 13.7 Å². The van der Waals surface area contributed by atoms with Crippen molar-refractivity contribution in [1.82, 2.24) is 24.5 Å². The van der Waals surface area contributed by atoms with Crippen LogP contribution in [0.25, 0.3) is 22.5 Å². The van der Waals surface area contributed by atoms with Gasteiger partial charge in [-0.1, -0.05) is 47.6 Å². The van der Waals surface area contributed by atoms with Crippen LogP contribution in [0.1, 0.15) is 18.7 Å². The number of fused-ring (bicyclic) bond motifs is 1. The van der Waals surface area contributed by atoms with Crippen LogP contribution in [0.5, 0.6) is 0 Å². The Hall–Kier alpha value is -3.72. The zero-order valence-electron chi connectivity index (χ0n) is 18.2. The summed E-state index contributed by atoms with van der Waals surface area (Å²) in [4.78, 5) is 33.3. The molecule has 5 rings (SSSR count). The van der Waals surface area contributed by atoms with Crippen molar-refractivity contribution in [1.29, 1.82) is 0 Å². The van der Waals surface area contributed by atoms with E-state index in [-0.39, 0.29) is 11.7 Å². The molecule has 4 aromatic rings. The third-order valence-electron chi connectivity index (χ3n) is 5.93. The number of benzene rings is 2. The molecule has 0 bridgehead atoms. The molecule has 1 fully saturated rings. The molecule has 0 atom stereocenters. The SMILES string of the molecule is O=C(CCCn1c(=O)oc2ccccc21)N1CCN(Cc2nc(-c3ccccc3)no2)CC1. The van der Waals surface area contributed by atoms with E-state index < -0.39 is 0 Å². The Morgan fingerprint density at radius 1 is 0.970 bits per heavy atom. The van der Waals surface area contributed by atoms with Crippen molar-refractivity contribution in [2.75, 3.05) is 26.2 Å². The van der Waals surface area contributed by atoms with E-state index in [1.165, 1.54) is 0 Å². The summed E-state index contributed by atoms with van der Waals surface area (Å²) in [5.74, 6) is 0.892. The molecule has 0 N–H and O–H groups in total. The zero-order valence-corrected chi connectivity index (χ0v) is 18.2. The van der Waals surface area contributed by atoms with E-state index in [1.807, 2.05) is 53.4 Å². The number of hydrogen-bond acceptors (Lipinski definition) is 7. The van der Waals surface area contributed by atoms with Gasteiger partial charge in [-0.25, -0.2) is 4.79 Å². The molecule has 9 nitrogen and oxygen atoms in total. The first-order valence-electron chi connectivity index (χ1n) is 11.1. The molecule has 0 radical (unpaired) electrons. The zero-order chi connectivity index (χ0) is 22.6. The quantitative estimate of drug-likeness (QED) is 0.430. The molecular weight excluding hydrogens is 422 g/mol. The molecule has 9 heteroatoms. The molecule has 3 heterocycles. The molecule has 1 aliphatic rings. The smallest absolute Gasteiger partial charge is 0.408 e. The number of aromatic nitrogens is 3. The minimum atomic E-state index is -0.381. The Balaban J connectivity index is 1.09. The summed E-state index contributed by atoms with van der Waals surface area (Å²) in [5, 5.41) is 4.07. The van der Waals surface area contributed by atoms with Gasteiger partial charge in [0.25, 0.3) is 0 Å². The summed E-state index contributed by atoms with van der Waals surface area (Å²) in [5.41, 5.74) is 2.26. The number of rotatable bonds is 7. The molecular formula is C24H25N5O4. The fraction of sp³-hybridized carbons (Fsp3) is 0.333. The molecule has 33 heavy (non-hydrogen) atoms. The van der Waals surface area contributed by atoms with Gasteiger partial charge in [-0.05, 0) is 18.6 Å². The maximum atomic E-state index is 12.7. The van der Waals surface area contributed by atoms with E-state index in [1.54, 1.807) is 10.6 Å². The lowest BCUT2D eigenvalue weighted by Crippen LogP contribution is -2.48. The highest BCUT2D eigenvalue weighted by molar-refractivity contribution is 5.76. The fourth-order valence-electron chi connectivity index (χ4n) is 4.14. The standard InChI is InChI=1S/C24H25N5O4/c30-22(11-6-12-29-19-9-4-5-10-20(19)32-24(29)31)28-15-13-27(14-16-28)17-21-25-23(26-33-21)18-7-2-1-3-8-18/h1-5,7-10H,6,11-17H2. The van der Waals surface area contributed by atoms with E-state index in [4.69, 9.17) is 8.94 Å². The lowest BCUT2D eigenvalue weighted by Gasteiger charge is -2.34. The van der Waals surface area contributed by atoms with Crippen LogP contribution < -0.4 is 5.76 Å². The van der Waals surface area contributed by atoms with Gasteiger partial charge < -0.3 is 13.8 Å². The third kappa shape index (κ3) is 4.73. The summed E-state index contributed by atoms with van der Waals surface area (Å²) in [6, 6.07) is 17.1. The van der Waals surface area contributed by atoms with Crippen molar-refractivity contribution in [3.05, 3.63) is 71.0 Å². The van der Waals surface area contributed by atoms with Gasteiger partial charge in [0.15, 0.2) is 5.58 Å². The van der Waals surface area contributed by atoms with Crippen LogP contribution in [0.2, 0.25) is 0 Å². The van der Waals surface area contributed by atoms with Crippen molar-refractivity contribution in [3.63, 3.8) is 0 Å². The largest absolute Gasteiger partial charge is 0.419 e. The van der Waals surface area contributed by atoms with Crippen LogP contribution in [0, 0.1) is 0 Å².